The number of benzene rings is 2. The summed E-state index contributed by atoms with van der Waals surface area (Å²) in [4.78, 5) is 20.0. The number of Topliss-reactive ketones (excluding diaryl/α,β-unsaturated/α-hetero) is 1. The van der Waals surface area contributed by atoms with Crippen LogP contribution in [0, 0.1) is 13.8 Å². The Morgan fingerprint density at radius 2 is 1.86 bits per heavy atom. The Morgan fingerprint density at radius 3 is 2.48 bits per heavy atom. The molecule has 0 aliphatic heterocycles. The summed E-state index contributed by atoms with van der Waals surface area (Å²) in [6.45, 7) is 9.92. The molecule has 3 rings (SSSR count). The second kappa shape index (κ2) is 10.9. The fourth-order valence-corrected chi connectivity index (χ4v) is 3.27. The normalized spacial score (nSPS) is 11.5. The SMILES string of the molecule is CC(=O)c1cc(C)ccc1C.CCCC(CC)Nc1cnc2ccc(Cl)cc2n1. The lowest BCUT2D eigenvalue weighted by Crippen LogP contribution is -2.18. The number of fused-ring (bicyclic) bond motifs is 1. The zero-order valence-corrected chi connectivity index (χ0v) is 18.7. The molecule has 0 amide bonds. The lowest BCUT2D eigenvalue weighted by atomic mass is 10.0. The van der Waals surface area contributed by atoms with E-state index in [1.54, 1.807) is 13.1 Å². The highest BCUT2D eigenvalue weighted by Crippen LogP contribution is 2.18. The minimum absolute atomic E-state index is 0.145. The molecule has 0 saturated carbocycles. The Kier molecular flexibility index (Phi) is 8.59. The van der Waals surface area contributed by atoms with Crippen LogP contribution in [0.2, 0.25) is 5.02 Å². The molecule has 0 fully saturated rings. The molecule has 29 heavy (non-hydrogen) atoms. The van der Waals surface area contributed by atoms with Crippen LogP contribution in [0.5, 0.6) is 0 Å². The average molecular weight is 412 g/mol. The monoisotopic (exact) mass is 411 g/mol. The number of nitrogens with one attached hydrogen (secondary N) is 1. The number of nitrogens with zero attached hydrogens (tertiary/aromatic N) is 2. The van der Waals surface area contributed by atoms with Crippen molar-refractivity contribution < 1.29 is 4.79 Å². The lowest BCUT2D eigenvalue weighted by Gasteiger charge is -2.16. The molecule has 1 atom stereocenters. The molecule has 1 heterocycles. The smallest absolute Gasteiger partial charge is 0.160 e. The number of carbonyl (C=O) groups is 1. The van der Waals surface area contributed by atoms with E-state index in [0.717, 1.165) is 46.4 Å². The highest BCUT2D eigenvalue weighted by Gasteiger charge is 2.07. The van der Waals surface area contributed by atoms with Gasteiger partial charge in [-0.15, -0.1) is 0 Å². The van der Waals surface area contributed by atoms with Crippen LogP contribution < -0.4 is 5.32 Å². The maximum Gasteiger partial charge on any atom is 0.160 e. The van der Waals surface area contributed by atoms with E-state index in [1.807, 2.05) is 50.2 Å². The molecule has 1 N–H and O–H groups in total. The van der Waals surface area contributed by atoms with E-state index in [2.05, 4.69) is 29.1 Å². The highest BCUT2D eigenvalue weighted by atomic mass is 35.5. The molecule has 0 aliphatic carbocycles. The van der Waals surface area contributed by atoms with Gasteiger partial charge in [0.1, 0.15) is 5.82 Å². The third-order valence-corrected chi connectivity index (χ3v) is 4.99. The Bertz CT molecular complexity index is 971. The molecule has 0 saturated heterocycles. The van der Waals surface area contributed by atoms with Crippen molar-refractivity contribution in [2.24, 2.45) is 0 Å². The van der Waals surface area contributed by atoms with Crippen molar-refractivity contribution in [2.45, 2.75) is 59.9 Å². The summed E-state index contributed by atoms with van der Waals surface area (Å²) in [7, 11) is 0. The molecule has 2 aromatic carbocycles. The van der Waals surface area contributed by atoms with Crippen LogP contribution in [-0.2, 0) is 0 Å². The predicted octanol–water partition coefficient (Wildman–Crippen LogP) is 6.78. The van der Waals surface area contributed by atoms with Crippen molar-refractivity contribution >= 4 is 34.2 Å². The van der Waals surface area contributed by atoms with Gasteiger partial charge in [0.2, 0.25) is 0 Å². The van der Waals surface area contributed by atoms with Crippen molar-refractivity contribution in [1.29, 1.82) is 0 Å². The van der Waals surface area contributed by atoms with Crippen molar-refractivity contribution in [1.82, 2.24) is 9.97 Å². The Hall–Kier alpha value is -2.46. The van der Waals surface area contributed by atoms with Gasteiger partial charge in [-0.05, 0) is 63.4 Å². The van der Waals surface area contributed by atoms with E-state index in [4.69, 9.17) is 11.6 Å². The number of aryl methyl sites for hydroxylation is 2. The van der Waals surface area contributed by atoms with Crippen LogP contribution in [0.1, 0.15) is 61.5 Å². The summed E-state index contributed by atoms with van der Waals surface area (Å²) in [6, 6.07) is 11.9. The van der Waals surface area contributed by atoms with Gasteiger partial charge in [-0.1, -0.05) is 49.6 Å². The molecule has 0 spiro atoms. The Morgan fingerprint density at radius 1 is 1.10 bits per heavy atom. The average Bonchev–Trinajstić information content (AvgIpc) is 2.69. The second-order valence-electron chi connectivity index (χ2n) is 7.30. The maximum absolute atomic E-state index is 11.0. The number of halogens is 1. The molecule has 3 aromatic rings. The number of ketones is 1. The van der Waals surface area contributed by atoms with Gasteiger partial charge in [-0.2, -0.15) is 0 Å². The van der Waals surface area contributed by atoms with Crippen molar-refractivity contribution in [3.8, 4) is 0 Å². The molecule has 5 heteroatoms. The molecule has 0 radical (unpaired) electrons. The van der Waals surface area contributed by atoms with E-state index in [9.17, 15) is 4.79 Å². The molecule has 0 aliphatic rings. The van der Waals surface area contributed by atoms with E-state index >= 15 is 0 Å². The van der Waals surface area contributed by atoms with Gasteiger partial charge in [0.25, 0.3) is 0 Å². The first kappa shape index (κ1) is 22.8. The highest BCUT2D eigenvalue weighted by molar-refractivity contribution is 6.31. The van der Waals surface area contributed by atoms with Gasteiger partial charge in [-0.25, -0.2) is 4.98 Å². The van der Waals surface area contributed by atoms with Crippen molar-refractivity contribution in [3.63, 3.8) is 0 Å². The van der Waals surface area contributed by atoms with Gasteiger partial charge >= 0.3 is 0 Å². The van der Waals surface area contributed by atoms with Crippen molar-refractivity contribution in [3.05, 3.63) is 64.3 Å². The summed E-state index contributed by atoms with van der Waals surface area (Å²) in [6.07, 6.45) is 5.18. The molecule has 1 aromatic heterocycles. The molecule has 0 bridgehead atoms. The van der Waals surface area contributed by atoms with Crippen LogP contribution in [0.3, 0.4) is 0 Å². The van der Waals surface area contributed by atoms with Crippen LogP contribution in [0.15, 0.2) is 42.6 Å². The van der Waals surface area contributed by atoms with Gasteiger partial charge < -0.3 is 5.32 Å². The largest absolute Gasteiger partial charge is 0.366 e. The lowest BCUT2D eigenvalue weighted by molar-refractivity contribution is 0.101. The minimum atomic E-state index is 0.145. The van der Waals surface area contributed by atoms with Gasteiger partial charge in [0.15, 0.2) is 5.78 Å². The summed E-state index contributed by atoms with van der Waals surface area (Å²) in [5.41, 5.74) is 4.74. The van der Waals surface area contributed by atoms with E-state index < -0.39 is 0 Å². The van der Waals surface area contributed by atoms with E-state index in [-0.39, 0.29) is 5.78 Å². The molecular weight excluding hydrogens is 382 g/mol. The standard InChI is InChI=1S/C14H18ClN3.C10H12O/c1-3-5-11(4-2)17-14-9-16-12-7-6-10(15)8-13(12)18-14;1-7-4-5-8(2)10(6-7)9(3)11/h6-9,11H,3-5H2,1-2H3,(H,17,18);4-6H,1-3H3. The molecular formula is C24H30ClN3O. The van der Waals surface area contributed by atoms with Crippen LogP contribution in [0.25, 0.3) is 11.0 Å². The maximum atomic E-state index is 11.0. The summed E-state index contributed by atoms with van der Waals surface area (Å²) >= 11 is 5.97. The Labute approximate surface area is 178 Å². The first-order chi connectivity index (χ1) is 13.8. The number of anilines is 1. The zero-order chi connectivity index (χ0) is 21.4. The Balaban J connectivity index is 0.000000234. The van der Waals surface area contributed by atoms with Gasteiger partial charge in [0, 0.05) is 16.6 Å². The minimum Gasteiger partial charge on any atom is -0.366 e. The third-order valence-electron chi connectivity index (χ3n) is 4.76. The zero-order valence-electron chi connectivity index (χ0n) is 17.9. The number of rotatable bonds is 6. The van der Waals surface area contributed by atoms with Crippen LogP contribution in [-0.4, -0.2) is 21.8 Å². The first-order valence-electron chi connectivity index (χ1n) is 10.1. The van der Waals surface area contributed by atoms with Gasteiger partial charge in [0.05, 0.1) is 17.2 Å². The van der Waals surface area contributed by atoms with Crippen LogP contribution in [0.4, 0.5) is 5.82 Å². The van der Waals surface area contributed by atoms with Gasteiger partial charge in [-0.3, -0.25) is 9.78 Å². The number of hydrogen-bond acceptors (Lipinski definition) is 4. The fourth-order valence-electron chi connectivity index (χ4n) is 3.11. The first-order valence-corrected chi connectivity index (χ1v) is 10.5. The molecule has 4 nitrogen and oxygen atoms in total. The van der Waals surface area contributed by atoms with E-state index in [0.29, 0.717) is 11.1 Å². The molecule has 154 valence electrons. The number of hydrogen-bond donors (Lipinski definition) is 1. The summed E-state index contributed by atoms with van der Waals surface area (Å²) < 4.78 is 0. The summed E-state index contributed by atoms with van der Waals surface area (Å²) in [5.74, 6) is 0.969. The second-order valence-corrected chi connectivity index (χ2v) is 7.74. The summed E-state index contributed by atoms with van der Waals surface area (Å²) in [5, 5.41) is 4.11. The van der Waals surface area contributed by atoms with Crippen molar-refractivity contribution in [2.75, 3.05) is 5.32 Å². The van der Waals surface area contributed by atoms with Crippen LogP contribution >= 0.6 is 11.6 Å². The topological polar surface area (TPSA) is 54.9 Å². The number of carbonyl (C=O) groups excluding carboxylic acids is 1. The fraction of sp³-hybridized carbons (Fsp3) is 0.375. The number of aromatic nitrogens is 2. The van der Waals surface area contributed by atoms with E-state index in [1.165, 1.54) is 6.42 Å². The predicted molar refractivity (Wildman–Crippen MR) is 123 cm³/mol. The molecule has 1 unspecified atom stereocenters. The third kappa shape index (κ3) is 6.82. The quantitative estimate of drug-likeness (QED) is 0.454.